The summed E-state index contributed by atoms with van der Waals surface area (Å²) in [6, 6.07) is 20.5. The van der Waals surface area contributed by atoms with Crippen LogP contribution in [0.3, 0.4) is 0 Å². The van der Waals surface area contributed by atoms with Gasteiger partial charge in [-0.05, 0) is 49.7 Å². The van der Waals surface area contributed by atoms with Crippen LogP contribution in [0.25, 0.3) is 0 Å². The minimum Gasteiger partial charge on any atom is -0.390 e. The Bertz CT molecular complexity index is 460. The molecule has 118 valence electrons. The second-order valence-electron chi connectivity index (χ2n) is 5.89. The second-order valence-corrected chi connectivity index (χ2v) is 5.89. The van der Waals surface area contributed by atoms with Crippen LogP contribution in [0.4, 0.5) is 0 Å². The molecule has 2 atom stereocenters. The van der Waals surface area contributed by atoms with Gasteiger partial charge in [-0.25, -0.2) is 0 Å². The standard InChI is InChI=1S/C20H26O2/c21-19(15-7-13-17-9-3-1-4-10-17)20(22)16-8-14-18-11-5-2-6-12-18/h1-6,9-12,19-22H,7-8,13-16H2/t19-,20-/m1/s1. The van der Waals surface area contributed by atoms with Gasteiger partial charge in [0, 0.05) is 0 Å². The molecule has 0 aliphatic rings. The van der Waals surface area contributed by atoms with Crippen LogP contribution in [0.15, 0.2) is 60.7 Å². The van der Waals surface area contributed by atoms with Crippen molar-refractivity contribution in [2.75, 3.05) is 0 Å². The number of aliphatic hydroxyl groups excluding tert-OH is 2. The minimum atomic E-state index is -0.612. The number of benzene rings is 2. The predicted molar refractivity (Wildman–Crippen MR) is 90.8 cm³/mol. The van der Waals surface area contributed by atoms with Gasteiger partial charge in [0.15, 0.2) is 0 Å². The molecule has 0 amide bonds. The molecule has 0 aliphatic heterocycles. The molecule has 0 unspecified atom stereocenters. The van der Waals surface area contributed by atoms with E-state index in [1.165, 1.54) is 11.1 Å². The van der Waals surface area contributed by atoms with Crippen molar-refractivity contribution in [3.8, 4) is 0 Å². The molecule has 0 spiro atoms. The quantitative estimate of drug-likeness (QED) is 0.740. The van der Waals surface area contributed by atoms with E-state index in [4.69, 9.17) is 0 Å². The second kappa shape index (κ2) is 9.39. The molecule has 22 heavy (non-hydrogen) atoms. The van der Waals surface area contributed by atoms with Crippen molar-refractivity contribution in [3.05, 3.63) is 71.8 Å². The van der Waals surface area contributed by atoms with Gasteiger partial charge in [0.25, 0.3) is 0 Å². The Kier molecular flexibility index (Phi) is 7.14. The Morgan fingerprint density at radius 1 is 0.591 bits per heavy atom. The van der Waals surface area contributed by atoms with E-state index in [2.05, 4.69) is 24.3 Å². The third-order valence-corrected chi connectivity index (χ3v) is 4.06. The van der Waals surface area contributed by atoms with Crippen LogP contribution in [-0.4, -0.2) is 22.4 Å². The predicted octanol–water partition coefficient (Wildman–Crippen LogP) is 3.75. The van der Waals surface area contributed by atoms with Gasteiger partial charge >= 0.3 is 0 Å². The highest BCUT2D eigenvalue weighted by molar-refractivity contribution is 5.15. The molecule has 0 saturated heterocycles. The average molecular weight is 298 g/mol. The van der Waals surface area contributed by atoms with Crippen molar-refractivity contribution in [1.29, 1.82) is 0 Å². The summed E-state index contributed by atoms with van der Waals surface area (Å²) in [5.41, 5.74) is 2.57. The summed E-state index contributed by atoms with van der Waals surface area (Å²) in [6.07, 6.45) is 3.80. The summed E-state index contributed by atoms with van der Waals surface area (Å²) in [4.78, 5) is 0. The molecular formula is C20H26O2. The summed E-state index contributed by atoms with van der Waals surface area (Å²) in [5, 5.41) is 20.1. The van der Waals surface area contributed by atoms with Gasteiger partial charge in [-0.15, -0.1) is 0 Å². The molecule has 2 aromatic carbocycles. The number of aryl methyl sites for hydroxylation is 2. The number of aliphatic hydroxyl groups is 2. The average Bonchev–Trinajstić information content (AvgIpc) is 2.56. The van der Waals surface area contributed by atoms with Crippen molar-refractivity contribution in [1.82, 2.24) is 0 Å². The van der Waals surface area contributed by atoms with E-state index in [1.807, 2.05) is 36.4 Å². The zero-order valence-electron chi connectivity index (χ0n) is 13.1. The highest BCUT2D eigenvalue weighted by atomic mass is 16.3. The fourth-order valence-corrected chi connectivity index (χ4v) is 2.70. The Balaban J connectivity index is 1.61. The Labute approximate surface area is 133 Å². The molecule has 0 saturated carbocycles. The zero-order chi connectivity index (χ0) is 15.6. The number of rotatable bonds is 9. The third-order valence-electron chi connectivity index (χ3n) is 4.06. The van der Waals surface area contributed by atoms with E-state index in [1.54, 1.807) is 0 Å². The Hall–Kier alpha value is -1.64. The monoisotopic (exact) mass is 298 g/mol. The summed E-state index contributed by atoms with van der Waals surface area (Å²) in [5.74, 6) is 0. The summed E-state index contributed by atoms with van der Waals surface area (Å²) < 4.78 is 0. The third kappa shape index (κ3) is 6.00. The lowest BCUT2D eigenvalue weighted by molar-refractivity contribution is 0.00793. The highest BCUT2D eigenvalue weighted by Gasteiger charge is 2.15. The van der Waals surface area contributed by atoms with E-state index in [0.717, 1.165) is 25.7 Å². The van der Waals surface area contributed by atoms with Gasteiger partial charge in [-0.1, -0.05) is 60.7 Å². The van der Waals surface area contributed by atoms with Crippen LogP contribution in [0.2, 0.25) is 0 Å². The van der Waals surface area contributed by atoms with Crippen molar-refractivity contribution in [2.45, 2.75) is 50.7 Å². The fraction of sp³-hybridized carbons (Fsp3) is 0.400. The van der Waals surface area contributed by atoms with Gasteiger partial charge in [-0.3, -0.25) is 0 Å². The van der Waals surface area contributed by atoms with Gasteiger partial charge in [0.05, 0.1) is 12.2 Å². The van der Waals surface area contributed by atoms with E-state index in [-0.39, 0.29) is 0 Å². The van der Waals surface area contributed by atoms with E-state index < -0.39 is 12.2 Å². The molecule has 2 rings (SSSR count). The van der Waals surface area contributed by atoms with Crippen molar-refractivity contribution < 1.29 is 10.2 Å². The first-order valence-corrected chi connectivity index (χ1v) is 8.19. The van der Waals surface area contributed by atoms with Gasteiger partial charge in [0.2, 0.25) is 0 Å². The summed E-state index contributed by atoms with van der Waals surface area (Å²) in [6.45, 7) is 0. The van der Waals surface area contributed by atoms with Crippen LogP contribution in [0.1, 0.15) is 36.8 Å². The molecule has 2 heteroatoms. The van der Waals surface area contributed by atoms with E-state index in [0.29, 0.717) is 12.8 Å². The fourth-order valence-electron chi connectivity index (χ4n) is 2.70. The lowest BCUT2D eigenvalue weighted by Crippen LogP contribution is -2.26. The lowest BCUT2D eigenvalue weighted by Gasteiger charge is -2.17. The maximum Gasteiger partial charge on any atom is 0.0799 e. The van der Waals surface area contributed by atoms with Crippen LogP contribution >= 0.6 is 0 Å². The van der Waals surface area contributed by atoms with Crippen molar-refractivity contribution in [3.63, 3.8) is 0 Å². The molecule has 0 fully saturated rings. The maximum atomic E-state index is 10.0. The highest BCUT2D eigenvalue weighted by Crippen LogP contribution is 2.13. The molecular weight excluding hydrogens is 272 g/mol. The molecule has 2 nitrogen and oxygen atoms in total. The van der Waals surface area contributed by atoms with Crippen LogP contribution < -0.4 is 0 Å². The SMILES string of the molecule is O[C@H](CCCc1ccccc1)[C@H](O)CCCc1ccccc1. The van der Waals surface area contributed by atoms with E-state index in [9.17, 15) is 10.2 Å². The Morgan fingerprint density at radius 2 is 0.955 bits per heavy atom. The molecule has 0 bridgehead atoms. The first-order valence-electron chi connectivity index (χ1n) is 8.19. The Morgan fingerprint density at radius 3 is 1.32 bits per heavy atom. The first-order chi connectivity index (χ1) is 10.8. The van der Waals surface area contributed by atoms with E-state index >= 15 is 0 Å². The lowest BCUT2D eigenvalue weighted by atomic mass is 9.99. The topological polar surface area (TPSA) is 40.5 Å². The molecule has 0 aliphatic carbocycles. The van der Waals surface area contributed by atoms with Crippen LogP contribution in [0, 0.1) is 0 Å². The maximum absolute atomic E-state index is 10.0. The van der Waals surface area contributed by atoms with Crippen molar-refractivity contribution in [2.24, 2.45) is 0 Å². The van der Waals surface area contributed by atoms with Gasteiger partial charge < -0.3 is 10.2 Å². The van der Waals surface area contributed by atoms with Crippen LogP contribution in [-0.2, 0) is 12.8 Å². The normalized spacial score (nSPS) is 13.7. The number of hydrogen-bond acceptors (Lipinski definition) is 2. The first kappa shape index (κ1) is 16.7. The summed E-state index contributed by atoms with van der Waals surface area (Å²) in [7, 11) is 0. The molecule has 0 aromatic heterocycles. The molecule has 2 N–H and O–H groups in total. The van der Waals surface area contributed by atoms with Gasteiger partial charge in [0.1, 0.15) is 0 Å². The van der Waals surface area contributed by atoms with Gasteiger partial charge in [-0.2, -0.15) is 0 Å². The molecule has 0 radical (unpaired) electrons. The van der Waals surface area contributed by atoms with Crippen LogP contribution in [0.5, 0.6) is 0 Å². The smallest absolute Gasteiger partial charge is 0.0799 e. The molecule has 2 aromatic rings. The largest absolute Gasteiger partial charge is 0.390 e. The molecule has 0 heterocycles. The number of hydrogen-bond donors (Lipinski definition) is 2. The summed E-state index contributed by atoms with van der Waals surface area (Å²) >= 11 is 0. The zero-order valence-corrected chi connectivity index (χ0v) is 13.1. The van der Waals surface area contributed by atoms with Crippen molar-refractivity contribution >= 4 is 0 Å². The minimum absolute atomic E-state index is 0.612.